The van der Waals surface area contributed by atoms with E-state index in [1.807, 2.05) is 12.1 Å². The number of hydrogen-bond acceptors (Lipinski definition) is 4. The first kappa shape index (κ1) is 15.6. The number of anilines is 1. The Balaban J connectivity index is 1.73. The zero-order valence-corrected chi connectivity index (χ0v) is 13.0. The second-order valence-corrected chi connectivity index (χ2v) is 5.47. The number of carbonyl (C=O) groups excluding carboxylic acids is 1. The van der Waals surface area contributed by atoms with E-state index in [4.69, 9.17) is 4.74 Å². The molecule has 0 atom stereocenters. The van der Waals surface area contributed by atoms with Crippen molar-refractivity contribution in [2.75, 3.05) is 51.8 Å². The number of benzene rings is 1. The molecule has 0 aliphatic carbocycles. The highest BCUT2D eigenvalue weighted by atomic mass is 16.5. The molecule has 0 bridgehead atoms. The summed E-state index contributed by atoms with van der Waals surface area (Å²) in [6, 6.07) is 8.22. The largest absolute Gasteiger partial charge is 0.494 e. The molecule has 1 aromatic rings. The van der Waals surface area contributed by atoms with Gasteiger partial charge in [-0.2, -0.15) is 0 Å². The number of amides is 1. The van der Waals surface area contributed by atoms with Crippen molar-refractivity contribution < 1.29 is 9.53 Å². The maximum atomic E-state index is 11.4. The summed E-state index contributed by atoms with van der Waals surface area (Å²) in [5.41, 5.74) is 1.24. The lowest BCUT2D eigenvalue weighted by Crippen LogP contribution is -2.43. The molecule has 0 radical (unpaired) electrons. The Labute approximate surface area is 126 Å². The lowest BCUT2D eigenvalue weighted by Gasteiger charge is -2.29. The summed E-state index contributed by atoms with van der Waals surface area (Å²) in [6.07, 6.45) is 1.28. The molecule has 1 aliphatic rings. The topological polar surface area (TPSA) is 44.8 Å². The number of nitrogens with zero attached hydrogens (tertiary/aromatic N) is 2. The zero-order chi connectivity index (χ0) is 15.1. The van der Waals surface area contributed by atoms with Gasteiger partial charge in [-0.25, -0.2) is 0 Å². The van der Waals surface area contributed by atoms with Crippen LogP contribution in [0.1, 0.15) is 12.8 Å². The van der Waals surface area contributed by atoms with Gasteiger partial charge in [0.25, 0.3) is 0 Å². The molecule has 116 valence electrons. The van der Waals surface area contributed by atoms with Crippen molar-refractivity contribution in [2.45, 2.75) is 12.8 Å². The number of carbonyl (C=O) groups is 1. The highest BCUT2D eigenvalue weighted by molar-refractivity contribution is 5.75. The molecular formula is C16H25N3O2. The van der Waals surface area contributed by atoms with E-state index in [-0.39, 0.29) is 5.91 Å². The first-order valence-electron chi connectivity index (χ1n) is 7.55. The second-order valence-electron chi connectivity index (χ2n) is 5.47. The summed E-state index contributed by atoms with van der Waals surface area (Å²) >= 11 is 0. The fourth-order valence-corrected chi connectivity index (χ4v) is 2.31. The Morgan fingerprint density at radius 1 is 1.24 bits per heavy atom. The van der Waals surface area contributed by atoms with Gasteiger partial charge in [0.05, 0.1) is 6.61 Å². The van der Waals surface area contributed by atoms with Crippen LogP contribution in [0, 0.1) is 0 Å². The number of nitrogens with one attached hydrogen (secondary N) is 1. The van der Waals surface area contributed by atoms with Gasteiger partial charge in [0.15, 0.2) is 0 Å². The van der Waals surface area contributed by atoms with Gasteiger partial charge < -0.3 is 19.9 Å². The lowest BCUT2D eigenvalue weighted by molar-refractivity contribution is -0.128. The van der Waals surface area contributed by atoms with Gasteiger partial charge in [-0.3, -0.25) is 4.79 Å². The Kier molecular flexibility index (Phi) is 5.87. The van der Waals surface area contributed by atoms with E-state index < -0.39 is 0 Å². The first-order valence-corrected chi connectivity index (χ1v) is 7.55. The van der Waals surface area contributed by atoms with Crippen LogP contribution in [0.25, 0.3) is 0 Å². The number of ether oxygens (including phenoxy) is 1. The molecule has 1 aliphatic heterocycles. The minimum absolute atomic E-state index is 0.146. The van der Waals surface area contributed by atoms with Crippen LogP contribution in [0.3, 0.4) is 0 Å². The number of rotatable bonds is 6. The van der Waals surface area contributed by atoms with Crippen molar-refractivity contribution >= 4 is 11.6 Å². The summed E-state index contributed by atoms with van der Waals surface area (Å²) in [6.45, 7) is 4.75. The first-order chi connectivity index (χ1) is 10.2. The van der Waals surface area contributed by atoms with Gasteiger partial charge in [-0.1, -0.05) is 0 Å². The van der Waals surface area contributed by atoms with E-state index in [1.54, 1.807) is 19.0 Å². The van der Waals surface area contributed by atoms with Crippen LogP contribution in [0.15, 0.2) is 24.3 Å². The monoisotopic (exact) mass is 291 g/mol. The fourth-order valence-electron chi connectivity index (χ4n) is 2.31. The van der Waals surface area contributed by atoms with Crippen LogP contribution in [-0.2, 0) is 4.79 Å². The summed E-state index contributed by atoms with van der Waals surface area (Å²) in [4.78, 5) is 15.4. The molecule has 0 unspecified atom stereocenters. The van der Waals surface area contributed by atoms with E-state index in [0.717, 1.165) is 38.3 Å². The minimum Gasteiger partial charge on any atom is -0.494 e. The molecule has 2 rings (SSSR count). The van der Waals surface area contributed by atoms with Crippen molar-refractivity contribution in [3.8, 4) is 5.75 Å². The molecule has 0 saturated carbocycles. The van der Waals surface area contributed by atoms with Crippen LogP contribution < -0.4 is 15.0 Å². The van der Waals surface area contributed by atoms with Crippen LogP contribution in [-0.4, -0.2) is 57.7 Å². The Bertz CT molecular complexity index is 439. The maximum absolute atomic E-state index is 11.4. The van der Waals surface area contributed by atoms with Crippen LogP contribution in [0.4, 0.5) is 5.69 Å². The third kappa shape index (κ3) is 4.93. The highest BCUT2D eigenvalue weighted by Gasteiger charge is 2.10. The van der Waals surface area contributed by atoms with E-state index in [1.165, 1.54) is 5.69 Å². The van der Waals surface area contributed by atoms with Gasteiger partial charge in [-0.15, -0.1) is 0 Å². The molecule has 0 aromatic heterocycles. The summed E-state index contributed by atoms with van der Waals surface area (Å²) in [7, 11) is 3.55. The molecule has 5 heteroatoms. The third-order valence-corrected chi connectivity index (χ3v) is 3.62. The minimum atomic E-state index is 0.146. The van der Waals surface area contributed by atoms with Crippen molar-refractivity contribution in [3.63, 3.8) is 0 Å². The van der Waals surface area contributed by atoms with E-state index in [9.17, 15) is 4.79 Å². The normalized spacial score (nSPS) is 14.9. The molecular weight excluding hydrogens is 266 g/mol. The highest BCUT2D eigenvalue weighted by Crippen LogP contribution is 2.20. The van der Waals surface area contributed by atoms with Gasteiger partial charge in [0, 0.05) is 52.4 Å². The fraction of sp³-hybridized carbons (Fsp3) is 0.562. The standard InChI is InChI=1S/C16H25N3O2/c1-18(2)16(20)4-3-13-21-15-7-5-14(6-8-15)19-11-9-17-10-12-19/h5-8,17H,3-4,9-13H2,1-2H3. The average Bonchev–Trinajstić information content (AvgIpc) is 2.52. The van der Waals surface area contributed by atoms with Gasteiger partial charge in [0.1, 0.15) is 5.75 Å². The van der Waals surface area contributed by atoms with Crippen LogP contribution >= 0.6 is 0 Å². The van der Waals surface area contributed by atoms with Crippen LogP contribution in [0.5, 0.6) is 5.75 Å². The van der Waals surface area contributed by atoms with E-state index in [2.05, 4.69) is 22.3 Å². The summed E-state index contributed by atoms with van der Waals surface area (Å²) in [5.74, 6) is 1.01. The van der Waals surface area contributed by atoms with Gasteiger partial charge in [0.2, 0.25) is 5.91 Å². The maximum Gasteiger partial charge on any atom is 0.222 e. The van der Waals surface area contributed by atoms with Crippen molar-refractivity contribution in [2.24, 2.45) is 0 Å². The number of hydrogen-bond donors (Lipinski definition) is 1. The number of piperazine rings is 1. The lowest BCUT2D eigenvalue weighted by atomic mass is 10.2. The molecule has 1 aromatic carbocycles. The van der Waals surface area contributed by atoms with Crippen molar-refractivity contribution in [3.05, 3.63) is 24.3 Å². The molecule has 1 saturated heterocycles. The van der Waals surface area contributed by atoms with Gasteiger partial charge >= 0.3 is 0 Å². The molecule has 1 heterocycles. The second kappa shape index (κ2) is 7.88. The summed E-state index contributed by atoms with van der Waals surface area (Å²) < 4.78 is 5.68. The molecule has 21 heavy (non-hydrogen) atoms. The summed E-state index contributed by atoms with van der Waals surface area (Å²) in [5, 5.41) is 3.35. The van der Waals surface area contributed by atoms with E-state index >= 15 is 0 Å². The molecule has 1 fully saturated rings. The predicted octanol–water partition coefficient (Wildman–Crippen LogP) is 1.34. The predicted molar refractivity (Wildman–Crippen MR) is 84.9 cm³/mol. The molecule has 0 spiro atoms. The van der Waals surface area contributed by atoms with Crippen molar-refractivity contribution in [1.82, 2.24) is 10.2 Å². The van der Waals surface area contributed by atoms with Crippen molar-refractivity contribution in [1.29, 1.82) is 0 Å². The quantitative estimate of drug-likeness (QED) is 0.804. The Morgan fingerprint density at radius 2 is 1.90 bits per heavy atom. The Morgan fingerprint density at radius 3 is 2.52 bits per heavy atom. The average molecular weight is 291 g/mol. The Hall–Kier alpha value is -1.75. The molecule has 1 amide bonds. The third-order valence-electron chi connectivity index (χ3n) is 3.62. The molecule has 1 N–H and O–H groups in total. The zero-order valence-electron chi connectivity index (χ0n) is 13.0. The van der Waals surface area contributed by atoms with Gasteiger partial charge in [-0.05, 0) is 30.7 Å². The van der Waals surface area contributed by atoms with E-state index in [0.29, 0.717) is 13.0 Å². The van der Waals surface area contributed by atoms with Crippen LogP contribution in [0.2, 0.25) is 0 Å². The smallest absolute Gasteiger partial charge is 0.222 e. The SMILES string of the molecule is CN(C)C(=O)CCCOc1ccc(N2CCNCC2)cc1. The molecule has 5 nitrogen and oxygen atoms in total.